The van der Waals surface area contributed by atoms with E-state index in [0.717, 1.165) is 11.3 Å². The SMILES string of the molecule is CCC1Oc2ccc(O)cc2N(Cc2c(C)noc2C)C1=O. The predicted molar refractivity (Wildman–Crippen MR) is 80.0 cm³/mol. The molecule has 2 heterocycles. The first-order valence-corrected chi connectivity index (χ1v) is 7.24. The van der Waals surface area contributed by atoms with Crippen LogP contribution in [0.2, 0.25) is 0 Å². The molecule has 2 aromatic rings. The molecule has 0 saturated heterocycles. The summed E-state index contributed by atoms with van der Waals surface area (Å²) >= 11 is 0. The number of carbonyl (C=O) groups is 1. The van der Waals surface area contributed by atoms with Crippen molar-refractivity contribution in [3.05, 3.63) is 35.2 Å². The van der Waals surface area contributed by atoms with Crippen molar-refractivity contribution >= 4 is 11.6 Å². The highest BCUT2D eigenvalue weighted by molar-refractivity contribution is 6.00. The van der Waals surface area contributed by atoms with Gasteiger partial charge in [-0.1, -0.05) is 12.1 Å². The molecule has 3 rings (SSSR count). The standard InChI is InChI=1S/C16H18N2O4/c1-4-14-16(20)18(8-12-9(2)17-22-10(12)3)13-7-11(19)5-6-15(13)21-14/h5-7,14,19H,4,8H2,1-3H3. The van der Waals surface area contributed by atoms with E-state index in [9.17, 15) is 9.90 Å². The Morgan fingerprint density at radius 1 is 1.36 bits per heavy atom. The number of phenolic OH excluding ortho intramolecular Hbond substituents is 1. The van der Waals surface area contributed by atoms with E-state index >= 15 is 0 Å². The number of phenols is 1. The maximum absolute atomic E-state index is 12.6. The molecule has 1 aromatic heterocycles. The van der Waals surface area contributed by atoms with E-state index < -0.39 is 6.10 Å². The van der Waals surface area contributed by atoms with Crippen molar-refractivity contribution in [1.29, 1.82) is 0 Å². The van der Waals surface area contributed by atoms with Gasteiger partial charge in [-0.15, -0.1) is 0 Å². The summed E-state index contributed by atoms with van der Waals surface area (Å²) in [7, 11) is 0. The summed E-state index contributed by atoms with van der Waals surface area (Å²) in [5.74, 6) is 1.25. The molecule has 1 atom stereocenters. The Bertz CT molecular complexity index is 703. The maximum Gasteiger partial charge on any atom is 0.268 e. The summed E-state index contributed by atoms with van der Waals surface area (Å²) in [6.45, 7) is 5.91. The van der Waals surface area contributed by atoms with Crippen LogP contribution in [0.4, 0.5) is 5.69 Å². The number of carbonyl (C=O) groups excluding carboxylic acids is 1. The van der Waals surface area contributed by atoms with Crippen molar-refractivity contribution < 1.29 is 19.2 Å². The number of nitrogens with zero attached hydrogens (tertiary/aromatic N) is 2. The largest absolute Gasteiger partial charge is 0.508 e. The Kier molecular flexibility index (Phi) is 3.52. The van der Waals surface area contributed by atoms with Crippen molar-refractivity contribution in [2.24, 2.45) is 0 Å². The number of rotatable bonds is 3. The minimum atomic E-state index is -0.516. The molecule has 0 bridgehead atoms. The van der Waals surface area contributed by atoms with E-state index in [0.29, 0.717) is 30.2 Å². The molecule has 6 heteroatoms. The Morgan fingerprint density at radius 3 is 2.77 bits per heavy atom. The number of benzene rings is 1. The maximum atomic E-state index is 12.6. The highest BCUT2D eigenvalue weighted by Gasteiger charge is 2.34. The van der Waals surface area contributed by atoms with E-state index in [-0.39, 0.29) is 11.7 Å². The minimum absolute atomic E-state index is 0.0915. The van der Waals surface area contributed by atoms with Gasteiger partial charge in [-0.2, -0.15) is 0 Å². The van der Waals surface area contributed by atoms with Crippen molar-refractivity contribution in [2.45, 2.75) is 39.8 Å². The van der Waals surface area contributed by atoms with Crippen molar-refractivity contribution in [3.63, 3.8) is 0 Å². The van der Waals surface area contributed by atoms with Crippen molar-refractivity contribution in [1.82, 2.24) is 5.16 Å². The van der Waals surface area contributed by atoms with E-state index in [1.54, 1.807) is 17.0 Å². The van der Waals surface area contributed by atoms with Gasteiger partial charge in [0, 0.05) is 11.6 Å². The molecule has 0 radical (unpaired) electrons. The van der Waals surface area contributed by atoms with Gasteiger partial charge in [0.2, 0.25) is 0 Å². The molecule has 0 aliphatic carbocycles. The summed E-state index contributed by atoms with van der Waals surface area (Å²) in [6, 6.07) is 4.77. The molecule has 1 aliphatic rings. The molecule has 1 aliphatic heterocycles. The van der Waals surface area contributed by atoms with Crippen LogP contribution in [0.5, 0.6) is 11.5 Å². The van der Waals surface area contributed by atoms with Gasteiger partial charge in [0.15, 0.2) is 6.10 Å². The molecule has 116 valence electrons. The number of aromatic nitrogens is 1. The second-order valence-electron chi connectivity index (χ2n) is 5.39. The smallest absolute Gasteiger partial charge is 0.268 e. The zero-order valence-corrected chi connectivity index (χ0v) is 12.8. The molecular formula is C16H18N2O4. The normalized spacial score (nSPS) is 17.3. The number of hydrogen-bond donors (Lipinski definition) is 1. The quantitative estimate of drug-likeness (QED) is 0.943. The Hall–Kier alpha value is -2.50. The van der Waals surface area contributed by atoms with Crippen LogP contribution in [0.1, 0.15) is 30.4 Å². The van der Waals surface area contributed by atoms with E-state index in [2.05, 4.69) is 5.16 Å². The monoisotopic (exact) mass is 302 g/mol. The summed E-state index contributed by atoms with van der Waals surface area (Å²) in [5.41, 5.74) is 2.20. The molecule has 6 nitrogen and oxygen atoms in total. The second kappa shape index (κ2) is 5.36. The number of ether oxygens (including phenoxy) is 1. The molecule has 0 spiro atoms. The topological polar surface area (TPSA) is 75.8 Å². The Labute approximate surface area is 128 Å². The van der Waals surface area contributed by atoms with Gasteiger partial charge in [0.05, 0.1) is 17.9 Å². The predicted octanol–water partition coefficient (Wildman–Crippen LogP) is 2.70. The van der Waals surface area contributed by atoms with Crippen LogP contribution < -0.4 is 9.64 Å². The third kappa shape index (κ3) is 2.30. The van der Waals surface area contributed by atoms with Crippen LogP contribution in [-0.4, -0.2) is 22.3 Å². The Morgan fingerprint density at radius 2 is 2.14 bits per heavy atom. The fourth-order valence-corrected chi connectivity index (χ4v) is 2.62. The molecule has 1 amide bonds. The summed E-state index contributed by atoms with van der Waals surface area (Å²) in [4.78, 5) is 14.3. The fourth-order valence-electron chi connectivity index (χ4n) is 2.62. The van der Waals surface area contributed by atoms with Crippen LogP contribution in [0, 0.1) is 13.8 Å². The highest BCUT2D eigenvalue weighted by atomic mass is 16.5. The van der Waals surface area contributed by atoms with Crippen LogP contribution in [0.15, 0.2) is 22.7 Å². The molecular weight excluding hydrogens is 284 g/mol. The van der Waals surface area contributed by atoms with Crippen LogP contribution in [-0.2, 0) is 11.3 Å². The van der Waals surface area contributed by atoms with E-state index in [4.69, 9.17) is 9.26 Å². The number of amides is 1. The zero-order chi connectivity index (χ0) is 15.9. The number of fused-ring (bicyclic) bond motifs is 1. The fraction of sp³-hybridized carbons (Fsp3) is 0.375. The van der Waals surface area contributed by atoms with E-state index in [1.807, 2.05) is 20.8 Å². The summed E-state index contributed by atoms with van der Waals surface area (Å²) in [5, 5.41) is 13.7. The first kappa shape index (κ1) is 14.4. The number of hydrogen-bond acceptors (Lipinski definition) is 5. The average Bonchev–Trinajstić information content (AvgIpc) is 2.81. The molecule has 22 heavy (non-hydrogen) atoms. The lowest BCUT2D eigenvalue weighted by atomic mass is 10.1. The van der Waals surface area contributed by atoms with Gasteiger partial charge in [0.25, 0.3) is 5.91 Å². The van der Waals surface area contributed by atoms with Gasteiger partial charge in [-0.3, -0.25) is 4.79 Å². The summed E-state index contributed by atoms with van der Waals surface area (Å²) < 4.78 is 10.9. The summed E-state index contributed by atoms with van der Waals surface area (Å²) in [6.07, 6.45) is 0.0644. The lowest BCUT2D eigenvalue weighted by molar-refractivity contribution is -0.126. The van der Waals surface area contributed by atoms with Crippen molar-refractivity contribution in [3.8, 4) is 11.5 Å². The first-order chi connectivity index (χ1) is 10.5. The molecule has 0 saturated carbocycles. The van der Waals surface area contributed by atoms with Crippen LogP contribution in [0.25, 0.3) is 0 Å². The minimum Gasteiger partial charge on any atom is -0.508 e. The third-order valence-electron chi connectivity index (χ3n) is 3.91. The number of anilines is 1. The Balaban J connectivity index is 2.04. The highest BCUT2D eigenvalue weighted by Crippen LogP contribution is 2.38. The van der Waals surface area contributed by atoms with E-state index in [1.165, 1.54) is 6.07 Å². The first-order valence-electron chi connectivity index (χ1n) is 7.24. The van der Waals surface area contributed by atoms with Gasteiger partial charge < -0.3 is 19.3 Å². The molecule has 1 N–H and O–H groups in total. The lowest BCUT2D eigenvalue weighted by Gasteiger charge is -2.34. The van der Waals surface area contributed by atoms with Crippen LogP contribution in [0.3, 0.4) is 0 Å². The second-order valence-corrected chi connectivity index (χ2v) is 5.39. The third-order valence-corrected chi connectivity index (χ3v) is 3.91. The zero-order valence-electron chi connectivity index (χ0n) is 12.8. The molecule has 0 fully saturated rings. The van der Waals surface area contributed by atoms with Gasteiger partial charge in [0.1, 0.15) is 17.3 Å². The number of aryl methyl sites for hydroxylation is 2. The lowest BCUT2D eigenvalue weighted by Crippen LogP contribution is -2.45. The van der Waals surface area contributed by atoms with Gasteiger partial charge in [-0.25, -0.2) is 0 Å². The van der Waals surface area contributed by atoms with Crippen LogP contribution >= 0.6 is 0 Å². The average molecular weight is 302 g/mol. The van der Waals surface area contributed by atoms with Gasteiger partial charge in [-0.05, 0) is 32.4 Å². The van der Waals surface area contributed by atoms with Gasteiger partial charge >= 0.3 is 0 Å². The number of aromatic hydroxyl groups is 1. The van der Waals surface area contributed by atoms with Crippen molar-refractivity contribution in [2.75, 3.05) is 4.90 Å². The molecule has 1 aromatic carbocycles. The molecule has 1 unspecified atom stereocenters.